The number of rotatable bonds is 6. The first-order chi connectivity index (χ1) is 12.7. The summed E-state index contributed by atoms with van der Waals surface area (Å²) in [6, 6.07) is 9.42. The molecule has 0 atom stereocenters. The van der Waals surface area contributed by atoms with E-state index in [2.05, 4.69) is 15.6 Å². The Bertz CT molecular complexity index is 758. The van der Waals surface area contributed by atoms with Gasteiger partial charge in [0.15, 0.2) is 0 Å². The molecule has 26 heavy (non-hydrogen) atoms. The quantitative estimate of drug-likeness (QED) is 0.816. The molecule has 1 saturated carbocycles. The van der Waals surface area contributed by atoms with Gasteiger partial charge >= 0.3 is 0 Å². The maximum absolute atomic E-state index is 12.6. The molecule has 138 valence electrons. The molecule has 1 fully saturated rings. The predicted octanol–water partition coefficient (Wildman–Crippen LogP) is 4.10. The molecule has 1 heterocycles. The van der Waals surface area contributed by atoms with Gasteiger partial charge in [-0.15, -0.1) is 0 Å². The van der Waals surface area contributed by atoms with Crippen molar-refractivity contribution in [3.63, 3.8) is 0 Å². The molecule has 0 saturated heterocycles. The van der Waals surface area contributed by atoms with Gasteiger partial charge in [-0.3, -0.25) is 9.78 Å². The van der Waals surface area contributed by atoms with E-state index in [-0.39, 0.29) is 5.91 Å². The lowest BCUT2D eigenvalue weighted by Gasteiger charge is -2.23. The van der Waals surface area contributed by atoms with Crippen LogP contribution in [0.25, 0.3) is 0 Å². The Balaban J connectivity index is 1.70. The maximum atomic E-state index is 12.6. The molecule has 1 aromatic carbocycles. The number of ether oxygens (including phenoxy) is 2. The van der Waals surface area contributed by atoms with Crippen molar-refractivity contribution in [3.05, 3.63) is 42.2 Å². The van der Waals surface area contributed by atoms with Gasteiger partial charge in [0.05, 0.1) is 19.9 Å². The number of aromatic nitrogens is 1. The predicted molar refractivity (Wildman–Crippen MR) is 102 cm³/mol. The number of carbonyl (C=O) groups is 1. The van der Waals surface area contributed by atoms with Crippen molar-refractivity contribution >= 4 is 17.3 Å². The summed E-state index contributed by atoms with van der Waals surface area (Å²) in [5, 5.41) is 6.37. The molecule has 0 aliphatic heterocycles. The van der Waals surface area contributed by atoms with Crippen LogP contribution in [0.1, 0.15) is 42.6 Å². The highest BCUT2D eigenvalue weighted by molar-refractivity contribution is 6.04. The molecule has 2 N–H and O–H groups in total. The molecule has 0 spiro atoms. The fourth-order valence-corrected chi connectivity index (χ4v) is 3.22. The molecule has 0 radical (unpaired) electrons. The Hall–Kier alpha value is -2.76. The summed E-state index contributed by atoms with van der Waals surface area (Å²) >= 11 is 0. The van der Waals surface area contributed by atoms with Gasteiger partial charge in [0.2, 0.25) is 0 Å². The van der Waals surface area contributed by atoms with Crippen LogP contribution in [-0.2, 0) is 0 Å². The molecule has 0 unspecified atom stereocenters. The van der Waals surface area contributed by atoms with Crippen LogP contribution in [0.4, 0.5) is 11.4 Å². The Morgan fingerprint density at radius 2 is 1.88 bits per heavy atom. The lowest BCUT2D eigenvalue weighted by molar-refractivity contribution is 0.102. The van der Waals surface area contributed by atoms with E-state index in [0.717, 1.165) is 5.69 Å². The first-order valence-corrected chi connectivity index (χ1v) is 8.95. The van der Waals surface area contributed by atoms with Crippen LogP contribution in [0.5, 0.6) is 11.5 Å². The lowest BCUT2D eigenvalue weighted by atomic mass is 9.95. The minimum absolute atomic E-state index is 0.277. The minimum Gasteiger partial charge on any atom is -0.497 e. The van der Waals surface area contributed by atoms with Crippen LogP contribution in [0.2, 0.25) is 0 Å². The van der Waals surface area contributed by atoms with Crippen molar-refractivity contribution in [2.24, 2.45) is 0 Å². The zero-order valence-electron chi connectivity index (χ0n) is 15.2. The smallest absolute Gasteiger partial charge is 0.274 e. The van der Waals surface area contributed by atoms with Crippen molar-refractivity contribution in [1.29, 1.82) is 0 Å². The summed E-state index contributed by atoms with van der Waals surface area (Å²) in [6.07, 6.45) is 7.83. The first kappa shape index (κ1) is 18.0. The van der Waals surface area contributed by atoms with Crippen molar-refractivity contribution in [2.75, 3.05) is 24.9 Å². The highest BCUT2D eigenvalue weighted by Gasteiger charge is 2.15. The van der Waals surface area contributed by atoms with E-state index < -0.39 is 0 Å². The number of nitrogens with zero attached hydrogens (tertiary/aromatic N) is 1. The van der Waals surface area contributed by atoms with Gasteiger partial charge in [0, 0.05) is 24.0 Å². The standard InChI is InChI=1S/C20H25N3O3/c1-25-16-8-9-17(19(13-16)26-2)23-20(24)18-12-15(10-11-21-18)22-14-6-4-3-5-7-14/h8-14H,3-7H2,1-2H3,(H,21,22)(H,23,24). The second-order valence-electron chi connectivity index (χ2n) is 6.43. The Labute approximate surface area is 153 Å². The van der Waals surface area contributed by atoms with Crippen LogP contribution < -0.4 is 20.1 Å². The molecule has 1 amide bonds. The molecular formula is C20H25N3O3. The number of carbonyl (C=O) groups excluding carboxylic acids is 1. The van der Waals surface area contributed by atoms with Gasteiger partial charge in [-0.1, -0.05) is 19.3 Å². The average Bonchev–Trinajstić information content (AvgIpc) is 2.69. The number of nitrogens with one attached hydrogen (secondary N) is 2. The third-order valence-electron chi connectivity index (χ3n) is 4.63. The number of amides is 1. The Kier molecular flexibility index (Phi) is 5.94. The van der Waals surface area contributed by atoms with Crippen LogP contribution in [0.3, 0.4) is 0 Å². The highest BCUT2D eigenvalue weighted by atomic mass is 16.5. The monoisotopic (exact) mass is 355 g/mol. The Morgan fingerprint density at radius 1 is 1.08 bits per heavy atom. The lowest BCUT2D eigenvalue weighted by Crippen LogP contribution is -2.22. The highest BCUT2D eigenvalue weighted by Crippen LogP contribution is 2.29. The van der Waals surface area contributed by atoms with E-state index >= 15 is 0 Å². The van der Waals surface area contributed by atoms with Gasteiger partial charge < -0.3 is 20.1 Å². The molecule has 1 aliphatic rings. The summed E-state index contributed by atoms with van der Waals surface area (Å²) in [4.78, 5) is 16.8. The number of anilines is 2. The van der Waals surface area contributed by atoms with Gasteiger partial charge in [0.25, 0.3) is 5.91 Å². The topological polar surface area (TPSA) is 72.5 Å². The fourth-order valence-electron chi connectivity index (χ4n) is 3.22. The minimum atomic E-state index is -0.277. The molecule has 0 bridgehead atoms. The summed E-state index contributed by atoms with van der Waals surface area (Å²) < 4.78 is 10.5. The van der Waals surface area contributed by atoms with Crippen LogP contribution in [-0.4, -0.2) is 31.2 Å². The third kappa shape index (κ3) is 4.45. The van der Waals surface area contributed by atoms with Crippen molar-refractivity contribution < 1.29 is 14.3 Å². The number of hydrogen-bond donors (Lipinski definition) is 2. The summed E-state index contributed by atoms with van der Waals surface area (Å²) in [6.45, 7) is 0. The van der Waals surface area contributed by atoms with Crippen LogP contribution in [0, 0.1) is 0 Å². The number of benzene rings is 1. The van der Waals surface area contributed by atoms with E-state index in [1.54, 1.807) is 44.7 Å². The van der Waals surface area contributed by atoms with Crippen LogP contribution in [0.15, 0.2) is 36.5 Å². The zero-order chi connectivity index (χ0) is 18.4. The second-order valence-corrected chi connectivity index (χ2v) is 6.43. The molecule has 3 rings (SSSR count). The van der Waals surface area contributed by atoms with E-state index in [9.17, 15) is 4.79 Å². The van der Waals surface area contributed by atoms with Crippen molar-refractivity contribution in [1.82, 2.24) is 4.98 Å². The van der Waals surface area contributed by atoms with E-state index in [0.29, 0.717) is 28.9 Å². The molecule has 6 nitrogen and oxygen atoms in total. The molecule has 1 aliphatic carbocycles. The summed E-state index contributed by atoms with van der Waals surface area (Å²) in [7, 11) is 3.14. The molecule has 6 heteroatoms. The normalized spacial score (nSPS) is 14.5. The van der Waals surface area contributed by atoms with Gasteiger partial charge in [-0.05, 0) is 37.1 Å². The van der Waals surface area contributed by atoms with E-state index in [1.165, 1.54) is 32.1 Å². The largest absolute Gasteiger partial charge is 0.497 e. The molecular weight excluding hydrogens is 330 g/mol. The zero-order valence-corrected chi connectivity index (χ0v) is 15.2. The maximum Gasteiger partial charge on any atom is 0.274 e. The first-order valence-electron chi connectivity index (χ1n) is 8.95. The second kappa shape index (κ2) is 8.56. The molecule has 1 aromatic heterocycles. The number of pyridine rings is 1. The third-order valence-corrected chi connectivity index (χ3v) is 4.63. The van der Waals surface area contributed by atoms with E-state index in [4.69, 9.17) is 9.47 Å². The number of methoxy groups -OCH3 is 2. The Morgan fingerprint density at radius 3 is 2.62 bits per heavy atom. The van der Waals surface area contributed by atoms with Gasteiger partial charge in [0.1, 0.15) is 17.2 Å². The van der Waals surface area contributed by atoms with Crippen molar-refractivity contribution in [3.8, 4) is 11.5 Å². The SMILES string of the molecule is COc1ccc(NC(=O)c2cc(NC3CCCCC3)ccn2)c(OC)c1. The average molecular weight is 355 g/mol. The van der Waals surface area contributed by atoms with Gasteiger partial charge in [-0.25, -0.2) is 0 Å². The van der Waals surface area contributed by atoms with E-state index in [1.807, 2.05) is 6.07 Å². The molecule has 2 aromatic rings. The van der Waals surface area contributed by atoms with Crippen LogP contribution >= 0.6 is 0 Å². The number of hydrogen-bond acceptors (Lipinski definition) is 5. The fraction of sp³-hybridized carbons (Fsp3) is 0.400. The van der Waals surface area contributed by atoms with Crippen molar-refractivity contribution in [2.45, 2.75) is 38.1 Å². The summed E-state index contributed by atoms with van der Waals surface area (Å²) in [5.74, 6) is 0.923. The van der Waals surface area contributed by atoms with Gasteiger partial charge in [-0.2, -0.15) is 0 Å². The summed E-state index contributed by atoms with van der Waals surface area (Å²) in [5.41, 5.74) is 1.87.